The number of pyridine rings is 1. The maximum Gasteiger partial charge on any atom is 0.257 e. The number of anilines is 2. The first-order valence-electron chi connectivity index (χ1n) is 7.44. The summed E-state index contributed by atoms with van der Waals surface area (Å²) in [4.78, 5) is 16.5. The summed E-state index contributed by atoms with van der Waals surface area (Å²) >= 11 is 0. The predicted molar refractivity (Wildman–Crippen MR) is 88.4 cm³/mol. The molecule has 0 aliphatic heterocycles. The number of nitrogens with zero attached hydrogens (tertiary/aromatic N) is 1. The van der Waals surface area contributed by atoms with Gasteiger partial charge in [0, 0.05) is 30.2 Å². The van der Waals surface area contributed by atoms with Crippen LogP contribution in [0, 0.1) is 0 Å². The Bertz CT molecular complexity index is 714. The van der Waals surface area contributed by atoms with Gasteiger partial charge in [-0.1, -0.05) is 0 Å². The van der Waals surface area contributed by atoms with Gasteiger partial charge in [-0.25, -0.2) is 0 Å². The van der Waals surface area contributed by atoms with Crippen molar-refractivity contribution in [1.82, 2.24) is 4.98 Å². The molecule has 1 aromatic carbocycles. The topological polar surface area (TPSA) is 72.5 Å². The molecule has 0 saturated heterocycles. The fraction of sp³-hybridized carbons (Fsp3) is 0.294. The van der Waals surface area contributed by atoms with Crippen LogP contribution in [0.4, 0.5) is 11.4 Å². The number of aromatic nitrogens is 1. The van der Waals surface area contributed by atoms with Crippen molar-refractivity contribution in [3.63, 3.8) is 0 Å². The van der Waals surface area contributed by atoms with Crippen LogP contribution in [-0.4, -0.2) is 31.2 Å². The molecular weight excluding hydrogens is 294 g/mol. The van der Waals surface area contributed by atoms with E-state index < -0.39 is 0 Å². The summed E-state index contributed by atoms with van der Waals surface area (Å²) in [5.41, 5.74) is 2.01. The first-order valence-corrected chi connectivity index (χ1v) is 7.44. The predicted octanol–water partition coefficient (Wildman–Crippen LogP) is 2.93. The van der Waals surface area contributed by atoms with E-state index in [9.17, 15) is 4.79 Å². The molecule has 3 rings (SSSR count). The van der Waals surface area contributed by atoms with E-state index in [-0.39, 0.29) is 5.91 Å². The van der Waals surface area contributed by atoms with E-state index in [1.54, 1.807) is 50.9 Å². The Balaban J connectivity index is 1.73. The van der Waals surface area contributed by atoms with E-state index >= 15 is 0 Å². The first-order chi connectivity index (χ1) is 11.2. The number of carbonyl (C=O) groups excluding carboxylic acids is 1. The summed E-state index contributed by atoms with van der Waals surface area (Å²) < 4.78 is 10.4. The van der Waals surface area contributed by atoms with Gasteiger partial charge in [-0.15, -0.1) is 0 Å². The number of ether oxygens (including phenoxy) is 2. The van der Waals surface area contributed by atoms with Gasteiger partial charge >= 0.3 is 0 Å². The van der Waals surface area contributed by atoms with Gasteiger partial charge in [0.25, 0.3) is 5.91 Å². The number of methoxy groups -OCH3 is 2. The van der Waals surface area contributed by atoms with Crippen LogP contribution in [0.25, 0.3) is 0 Å². The van der Waals surface area contributed by atoms with Crippen LogP contribution in [0.5, 0.6) is 11.5 Å². The maximum atomic E-state index is 12.4. The van der Waals surface area contributed by atoms with E-state index in [0.29, 0.717) is 28.8 Å². The zero-order valence-electron chi connectivity index (χ0n) is 13.1. The quantitative estimate of drug-likeness (QED) is 0.858. The molecule has 1 fully saturated rings. The monoisotopic (exact) mass is 313 g/mol. The molecule has 6 nitrogen and oxygen atoms in total. The molecule has 120 valence electrons. The minimum atomic E-state index is -0.218. The Morgan fingerprint density at radius 1 is 1.09 bits per heavy atom. The van der Waals surface area contributed by atoms with Gasteiger partial charge in [-0.3, -0.25) is 9.78 Å². The molecule has 0 unspecified atom stereocenters. The number of carbonyl (C=O) groups is 1. The van der Waals surface area contributed by atoms with Gasteiger partial charge in [0.05, 0.1) is 25.5 Å². The second-order valence-corrected chi connectivity index (χ2v) is 5.40. The molecule has 2 N–H and O–H groups in total. The van der Waals surface area contributed by atoms with Crippen molar-refractivity contribution in [2.45, 2.75) is 18.9 Å². The van der Waals surface area contributed by atoms with E-state index in [2.05, 4.69) is 15.6 Å². The van der Waals surface area contributed by atoms with Crippen molar-refractivity contribution in [2.24, 2.45) is 0 Å². The summed E-state index contributed by atoms with van der Waals surface area (Å²) in [5.74, 6) is 0.958. The third-order valence-electron chi connectivity index (χ3n) is 3.59. The summed E-state index contributed by atoms with van der Waals surface area (Å²) in [6, 6.07) is 7.55. The van der Waals surface area contributed by atoms with E-state index in [1.165, 1.54) is 12.8 Å². The third kappa shape index (κ3) is 3.71. The summed E-state index contributed by atoms with van der Waals surface area (Å²) in [6.45, 7) is 0. The number of amides is 1. The second-order valence-electron chi connectivity index (χ2n) is 5.40. The Labute approximate surface area is 134 Å². The van der Waals surface area contributed by atoms with E-state index in [0.717, 1.165) is 5.69 Å². The van der Waals surface area contributed by atoms with Crippen molar-refractivity contribution in [1.29, 1.82) is 0 Å². The molecule has 0 radical (unpaired) electrons. The van der Waals surface area contributed by atoms with Crippen molar-refractivity contribution in [2.75, 3.05) is 24.9 Å². The molecular formula is C17H19N3O3. The number of hydrogen-bond acceptors (Lipinski definition) is 5. The SMILES string of the molecule is COc1ccc(NC(=O)c2cncc(NC3CC3)c2)cc1OC. The zero-order valence-corrected chi connectivity index (χ0v) is 13.1. The summed E-state index contributed by atoms with van der Waals surface area (Å²) in [5, 5.41) is 6.17. The minimum absolute atomic E-state index is 0.218. The highest BCUT2D eigenvalue weighted by Gasteiger charge is 2.21. The normalized spacial score (nSPS) is 13.3. The molecule has 0 spiro atoms. The summed E-state index contributed by atoms with van der Waals surface area (Å²) in [6.07, 6.45) is 5.61. The molecule has 1 saturated carbocycles. The molecule has 1 aromatic heterocycles. The average Bonchev–Trinajstić information content (AvgIpc) is 3.39. The Hall–Kier alpha value is -2.76. The molecule has 6 heteroatoms. The fourth-order valence-corrected chi connectivity index (χ4v) is 2.22. The summed E-state index contributed by atoms with van der Waals surface area (Å²) in [7, 11) is 3.13. The lowest BCUT2D eigenvalue weighted by Gasteiger charge is -2.11. The van der Waals surface area contributed by atoms with Crippen molar-refractivity contribution >= 4 is 17.3 Å². The van der Waals surface area contributed by atoms with Gasteiger partial charge in [0.2, 0.25) is 0 Å². The number of rotatable bonds is 6. The molecule has 1 heterocycles. The maximum absolute atomic E-state index is 12.4. The Morgan fingerprint density at radius 2 is 1.87 bits per heavy atom. The van der Waals surface area contributed by atoms with Gasteiger partial charge in [-0.05, 0) is 31.0 Å². The van der Waals surface area contributed by atoms with Crippen LogP contribution in [-0.2, 0) is 0 Å². The minimum Gasteiger partial charge on any atom is -0.493 e. The lowest BCUT2D eigenvalue weighted by Crippen LogP contribution is -2.13. The van der Waals surface area contributed by atoms with Crippen molar-refractivity contribution < 1.29 is 14.3 Å². The Kier molecular flexibility index (Phi) is 4.32. The fourth-order valence-electron chi connectivity index (χ4n) is 2.22. The van der Waals surface area contributed by atoms with Crippen LogP contribution < -0.4 is 20.1 Å². The van der Waals surface area contributed by atoms with Crippen LogP contribution in [0.15, 0.2) is 36.7 Å². The lowest BCUT2D eigenvalue weighted by molar-refractivity contribution is 0.102. The molecule has 1 aliphatic rings. The molecule has 2 aromatic rings. The molecule has 1 amide bonds. The van der Waals surface area contributed by atoms with Crippen LogP contribution in [0.3, 0.4) is 0 Å². The van der Waals surface area contributed by atoms with Gasteiger partial charge in [0.15, 0.2) is 11.5 Å². The largest absolute Gasteiger partial charge is 0.493 e. The highest BCUT2D eigenvalue weighted by molar-refractivity contribution is 6.04. The van der Waals surface area contributed by atoms with E-state index in [4.69, 9.17) is 9.47 Å². The smallest absolute Gasteiger partial charge is 0.257 e. The molecule has 1 aliphatic carbocycles. The van der Waals surface area contributed by atoms with Gasteiger partial charge in [-0.2, -0.15) is 0 Å². The molecule has 0 bridgehead atoms. The number of nitrogens with one attached hydrogen (secondary N) is 2. The van der Waals surface area contributed by atoms with Gasteiger partial charge in [0.1, 0.15) is 0 Å². The molecule has 0 atom stereocenters. The Morgan fingerprint density at radius 3 is 2.57 bits per heavy atom. The van der Waals surface area contributed by atoms with Crippen LogP contribution in [0.2, 0.25) is 0 Å². The second kappa shape index (κ2) is 6.56. The highest BCUT2D eigenvalue weighted by atomic mass is 16.5. The standard InChI is InChI=1S/C17H19N3O3/c1-22-15-6-5-13(8-16(15)23-2)20-17(21)11-7-14(10-18-9-11)19-12-3-4-12/h5-10,12,19H,3-4H2,1-2H3,(H,20,21). The first kappa shape index (κ1) is 15.1. The lowest BCUT2D eigenvalue weighted by atomic mass is 10.2. The third-order valence-corrected chi connectivity index (χ3v) is 3.59. The number of benzene rings is 1. The van der Waals surface area contributed by atoms with Crippen molar-refractivity contribution in [3.05, 3.63) is 42.2 Å². The highest BCUT2D eigenvalue weighted by Crippen LogP contribution is 2.30. The molecule has 23 heavy (non-hydrogen) atoms. The van der Waals surface area contributed by atoms with Crippen molar-refractivity contribution in [3.8, 4) is 11.5 Å². The van der Waals surface area contributed by atoms with E-state index in [1.807, 2.05) is 0 Å². The zero-order chi connectivity index (χ0) is 16.2. The van der Waals surface area contributed by atoms with Crippen LogP contribution in [0.1, 0.15) is 23.2 Å². The average molecular weight is 313 g/mol. The number of hydrogen-bond donors (Lipinski definition) is 2. The van der Waals surface area contributed by atoms with Gasteiger partial charge < -0.3 is 20.1 Å². The van der Waals surface area contributed by atoms with Crippen LogP contribution >= 0.6 is 0 Å².